The lowest BCUT2D eigenvalue weighted by atomic mass is 9.87. The van der Waals surface area contributed by atoms with Crippen LogP contribution in [0.3, 0.4) is 0 Å². The fourth-order valence-electron chi connectivity index (χ4n) is 3.61. The number of ether oxygens (including phenoxy) is 1. The summed E-state index contributed by atoms with van der Waals surface area (Å²) in [4.78, 5) is 11.6. The van der Waals surface area contributed by atoms with Crippen LogP contribution in [0.15, 0.2) is 24.5 Å². The van der Waals surface area contributed by atoms with Crippen molar-refractivity contribution in [1.82, 2.24) is 15.1 Å². The zero-order valence-corrected chi connectivity index (χ0v) is 13.5. The van der Waals surface area contributed by atoms with E-state index in [4.69, 9.17) is 4.74 Å². The van der Waals surface area contributed by atoms with Gasteiger partial charge in [0.2, 0.25) is 0 Å². The second-order valence-corrected chi connectivity index (χ2v) is 6.96. The molecular formula is C17H25N3O2. The number of nitrogens with zero attached hydrogens (tertiary/aromatic N) is 2. The van der Waals surface area contributed by atoms with Crippen LogP contribution < -0.4 is 5.32 Å². The zero-order valence-electron chi connectivity index (χ0n) is 13.5. The molecule has 0 aliphatic carbocycles. The Hall–Kier alpha value is -1.62. The predicted octanol–water partition coefficient (Wildman–Crippen LogP) is 2.56. The maximum absolute atomic E-state index is 11.6. The van der Waals surface area contributed by atoms with Crippen LogP contribution in [0.4, 0.5) is 0 Å². The van der Waals surface area contributed by atoms with Gasteiger partial charge in [0.15, 0.2) is 0 Å². The lowest BCUT2D eigenvalue weighted by Crippen LogP contribution is -2.29. The van der Waals surface area contributed by atoms with E-state index in [1.807, 2.05) is 13.1 Å². The summed E-state index contributed by atoms with van der Waals surface area (Å²) in [6, 6.07) is 0.502. The largest absolute Gasteiger partial charge is 0.456 e. The maximum atomic E-state index is 11.6. The van der Waals surface area contributed by atoms with Gasteiger partial charge in [0.1, 0.15) is 5.60 Å². The highest BCUT2D eigenvalue weighted by Gasteiger charge is 2.39. The molecule has 0 radical (unpaired) electrons. The molecule has 0 spiro atoms. The van der Waals surface area contributed by atoms with Crippen molar-refractivity contribution in [3.05, 3.63) is 30.1 Å². The fourth-order valence-corrected chi connectivity index (χ4v) is 3.61. The zero-order chi connectivity index (χ0) is 15.7. The van der Waals surface area contributed by atoms with Gasteiger partial charge < -0.3 is 10.1 Å². The van der Waals surface area contributed by atoms with E-state index in [2.05, 4.69) is 34.8 Å². The van der Waals surface area contributed by atoms with E-state index in [1.54, 1.807) is 0 Å². The highest BCUT2D eigenvalue weighted by molar-refractivity contribution is 5.90. The first-order valence-electron chi connectivity index (χ1n) is 8.13. The molecule has 2 aliphatic rings. The van der Waals surface area contributed by atoms with Gasteiger partial charge in [-0.25, -0.2) is 4.79 Å². The van der Waals surface area contributed by atoms with Crippen LogP contribution in [0.2, 0.25) is 0 Å². The molecule has 120 valence electrons. The number of hydrogen-bond donors (Lipinski definition) is 1. The highest BCUT2D eigenvalue weighted by Crippen LogP contribution is 2.37. The van der Waals surface area contributed by atoms with Gasteiger partial charge in [-0.3, -0.25) is 4.68 Å². The maximum Gasteiger partial charge on any atom is 0.334 e. The van der Waals surface area contributed by atoms with Crippen molar-refractivity contribution in [2.75, 3.05) is 13.1 Å². The molecule has 1 aromatic heterocycles. The Bertz CT molecular complexity index is 556. The Balaban J connectivity index is 1.65. The van der Waals surface area contributed by atoms with Crippen LogP contribution in [0.5, 0.6) is 0 Å². The SMILES string of the molecule is C=C1CC(C)(CC(C)c2cnn(C3CCNCC3)c2)OC1=O. The van der Waals surface area contributed by atoms with Crippen LogP contribution in [0, 0.1) is 0 Å². The lowest BCUT2D eigenvalue weighted by Gasteiger charge is -2.25. The minimum absolute atomic E-state index is 0.250. The van der Waals surface area contributed by atoms with E-state index in [1.165, 1.54) is 5.56 Å². The fraction of sp³-hybridized carbons (Fsp3) is 0.647. The Labute approximate surface area is 131 Å². The summed E-state index contributed by atoms with van der Waals surface area (Å²) in [6.45, 7) is 10.1. The number of aromatic nitrogens is 2. The molecule has 3 heterocycles. The van der Waals surface area contributed by atoms with Crippen molar-refractivity contribution in [3.63, 3.8) is 0 Å². The monoisotopic (exact) mass is 303 g/mol. The second kappa shape index (κ2) is 5.88. The van der Waals surface area contributed by atoms with Gasteiger partial charge in [-0.2, -0.15) is 5.10 Å². The molecule has 0 bridgehead atoms. The number of carbonyl (C=O) groups is 1. The molecule has 1 aromatic rings. The first-order valence-corrected chi connectivity index (χ1v) is 8.13. The summed E-state index contributed by atoms with van der Waals surface area (Å²) in [5, 5.41) is 7.93. The molecule has 2 atom stereocenters. The molecule has 0 saturated carbocycles. The average molecular weight is 303 g/mol. The summed E-state index contributed by atoms with van der Waals surface area (Å²) in [5.41, 5.74) is 1.37. The molecule has 5 heteroatoms. The van der Waals surface area contributed by atoms with Crippen molar-refractivity contribution < 1.29 is 9.53 Å². The molecule has 2 unspecified atom stereocenters. The Kier molecular flexibility index (Phi) is 4.08. The van der Waals surface area contributed by atoms with Gasteiger partial charge in [-0.1, -0.05) is 13.5 Å². The van der Waals surface area contributed by atoms with Gasteiger partial charge in [-0.05, 0) is 50.8 Å². The molecule has 0 aromatic carbocycles. The van der Waals surface area contributed by atoms with Crippen LogP contribution in [-0.2, 0) is 9.53 Å². The first kappa shape index (κ1) is 15.3. The molecule has 2 aliphatic heterocycles. The van der Waals surface area contributed by atoms with Crippen LogP contribution in [0.25, 0.3) is 0 Å². The summed E-state index contributed by atoms with van der Waals surface area (Å²) < 4.78 is 7.61. The van der Waals surface area contributed by atoms with Crippen LogP contribution in [-0.4, -0.2) is 34.4 Å². The minimum atomic E-state index is -0.426. The predicted molar refractivity (Wildman–Crippen MR) is 84.7 cm³/mol. The van der Waals surface area contributed by atoms with Gasteiger partial charge in [0.25, 0.3) is 0 Å². The van der Waals surface area contributed by atoms with E-state index in [0.29, 0.717) is 24.0 Å². The van der Waals surface area contributed by atoms with Gasteiger partial charge in [0, 0.05) is 18.2 Å². The van der Waals surface area contributed by atoms with Gasteiger partial charge in [-0.15, -0.1) is 0 Å². The number of cyclic esters (lactones) is 1. The van der Waals surface area contributed by atoms with E-state index in [0.717, 1.165) is 32.4 Å². The Morgan fingerprint density at radius 2 is 2.27 bits per heavy atom. The van der Waals surface area contributed by atoms with Crippen molar-refractivity contribution in [2.24, 2.45) is 0 Å². The van der Waals surface area contributed by atoms with E-state index in [-0.39, 0.29) is 5.97 Å². The van der Waals surface area contributed by atoms with Gasteiger partial charge >= 0.3 is 5.97 Å². The van der Waals surface area contributed by atoms with Crippen molar-refractivity contribution in [1.29, 1.82) is 0 Å². The van der Waals surface area contributed by atoms with Crippen molar-refractivity contribution in [3.8, 4) is 0 Å². The molecule has 2 saturated heterocycles. The smallest absolute Gasteiger partial charge is 0.334 e. The molecular weight excluding hydrogens is 278 g/mol. The van der Waals surface area contributed by atoms with Crippen LogP contribution in [0.1, 0.15) is 57.1 Å². The summed E-state index contributed by atoms with van der Waals surface area (Å²) in [6.07, 6.45) is 7.81. The number of esters is 1. The topological polar surface area (TPSA) is 56.1 Å². The lowest BCUT2D eigenvalue weighted by molar-refractivity contribution is -0.145. The van der Waals surface area contributed by atoms with Gasteiger partial charge in [0.05, 0.1) is 12.2 Å². The number of rotatable bonds is 4. The number of carbonyl (C=O) groups excluding carboxylic acids is 1. The minimum Gasteiger partial charge on any atom is -0.456 e. The van der Waals surface area contributed by atoms with Crippen LogP contribution >= 0.6 is 0 Å². The normalized spacial score (nSPS) is 27.9. The Morgan fingerprint density at radius 3 is 2.91 bits per heavy atom. The number of nitrogens with one attached hydrogen (secondary N) is 1. The highest BCUT2D eigenvalue weighted by atomic mass is 16.6. The standard InChI is InChI=1S/C17H25N3O2/c1-12(8-17(3)9-13(2)16(21)22-17)14-10-19-20(11-14)15-4-6-18-7-5-15/h10-12,15,18H,2,4-9H2,1,3H3. The number of piperidine rings is 1. The average Bonchev–Trinajstić information content (AvgIpc) is 3.06. The second-order valence-electron chi connectivity index (χ2n) is 6.96. The Morgan fingerprint density at radius 1 is 1.55 bits per heavy atom. The third-order valence-corrected chi connectivity index (χ3v) is 4.83. The summed E-state index contributed by atoms with van der Waals surface area (Å²) in [5.74, 6) is 0.0549. The molecule has 5 nitrogen and oxygen atoms in total. The molecule has 2 fully saturated rings. The summed E-state index contributed by atoms with van der Waals surface area (Å²) >= 11 is 0. The van der Waals surface area contributed by atoms with Crippen molar-refractivity contribution >= 4 is 5.97 Å². The van der Waals surface area contributed by atoms with Crippen molar-refractivity contribution in [2.45, 2.75) is 57.1 Å². The quantitative estimate of drug-likeness (QED) is 0.686. The molecule has 1 N–H and O–H groups in total. The molecule has 22 heavy (non-hydrogen) atoms. The van der Waals surface area contributed by atoms with E-state index in [9.17, 15) is 4.79 Å². The van der Waals surface area contributed by atoms with E-state index < -0.39 is 5.60 Å². The third-order valence-electron chi connectivity index (χ3n) is 4.83. The number of hydrogen-bond acceptors (Lipinski definition) is 4. The first-order chi connectivity index (χ1) is 10.5. The molecule has 3 rings (SSSR count). The third kappa shape index (κ3) is 3.09. The molecule has 0 amide bonds. The van der Waals surface area contributed by atoms with E-state index >= 15 is 0 Å². The summed E-state index contributed by atoms with van der Waals surface area (Å²) in [7, 11) is 0.